The lowest BCUT2D eigenvalue weighted by Crippen LogP contribution is -2.29. The SMILES string of the molecule is C=C(C)/C=C\C(=C/C)C1Cc2cc(C)cc3c4c(n(c23)C1)CCN(C)C4. The Kier molecular flexibility index (Phi) is 4.40. The number of hydrogen-bond acceptors (Lipinski definition) is 1. The first-order valence-electron chi connectivity index (χ1n) is 9.79. The molecule has 1 atom stereocenters. The van der Waals surface area contributed by atoms with E-state index in [1.165, 1.54) is 34.0 Å². The third kappa shape index (κ3) is 2.87. The highest BCUT2D eigenvalue weighted by atomic mass is 15.1. The number of aryl methyl sites for hydroxylation is 1. The average Bonchev–Trinajstić information content (AvgIpc) is 2.89. The number of allylic oxidation sites excluding steroid dienone is 5. The van der Waals surface area contributed by atoms with Gasteiger partial charge in [0.05, 0.1) is 5.52 Å². The highest BCUT2D eigenvalue weighted by molar-refractivity contribution is 5.90. The van der Waals surface area contributed by atoms with Gasteiger partial charge in [0.2, 0.25) is 0 Å². The van der Waals surface area contributed by atoms with E-state index in [0.717, 1.165) is 31.6 Å². The summed E-state index contributed by atoms with van der Waals surface area (Å²) >= 11 is 0. The van der Waals surface area contributed by atoms with Crippen LogP contribution in [0.2, 0.25) is 0 Å². The van der Waals surface area contributed by atoms with Gasteiger partial charge in [-0.15, -0.1) is 0 Å². The second-order valence-corrected chi connectivity index (χ2v) is 8.21. The molecular formula is C24H30N2. The molecule has 0 saturated carbocycles. The van der Waals surface area contributed by atoms with Crippen molar-refractivity contribution >= 4 is 10.9 Å². The molecule has 0 N–H and O–H groups in total. The van der Waals surface area contributed by atoms with Crippen LogP contribution >= 0.6 is 0 Å². The van der Waals surface area contributed by atoms with Crippen LogP contribution < -0.4 is 0 Å². The standard InChI is InChI=1S/C24H30N2/c1-6-18(8-7-16(2)3)20-13-19-11-17(4)12-21-22-15-25(5)10-9-23(22)26(14-20)24(19)21/h6-8,11-12,20H,2,9-10,13-15H2,1,3-5H3/b8-7-,18-6+. The molecule has 136 valence electrons. The van der Waals surface area contributed by atoms with Gasteiger partial charge in [-0.2, -0.15) is 0 Å². The van der Waals surface area contributed by atoms with Crippen molar-refractivity contribution in [1.82, 2.24) is 9.47 Å². The predicted octanol–water partition coefficient (Wildman–Crippen LogP) is 5.19. The van der Waals surface area contributed by atoms with Gasteiger partial charge in [-0.3, -0.25) is 0 Å². The van der Waals surface area contributed by atoms with Crippen LogP contribution in [0.4, 0.5) is 0 Å². The van der Waals surface area contributed by atoms with Crippen molar-refractivity contribution in [2.45, 2.75) is 46.7 Å². The second kappa shape index (κ2) is 6.59. The quantitative estimate of drug-likeness (QED) is 0.695. The van der Waals surface area contributed by atoms with Crippen LogP contribution in [0.5, 0.6) is 0 Å². The van der Waals surface area contributed by atoms with Crippen LogP contribution in [0.15, 0.2) is 48.1 Å². The fourth-order valence-electron chi connectivity index (χ4n) is 4.80. The van der Waals surface area contributed by atoms with E-state index >= 15 is 0 Å². The van der Waals surface area contributed by atoms with Crippen molar-refractivity contribution < 1.29 is 0 Å². The van der Waals surface area contributed by atoms with Crippen LogP contribution in [0.25, 0.3) is 10.9 Å². The third-order valence-corrected chi connectivity index (χ3v) is 6.00. The number of aromatic nitrogens is 1. The molecule has 0 amide bonds. The molecule has 2 heteroatoms. The Labute approximate surface area is 157 Å². The maximum atomic E-state index is 4.02. The van der Waals surface area contributed by atoms with Crippen LogP contribution in [-0.4, -0.2) is 23.1 Å². The van der Waals surface area contributed by atoms with Gasteiger partial charge < -0.3 is 9.47 Å². The van der Waals surface area contributed by atoms with Crippen molar-refractivity contribution in [1.29, 1.82) is 0 Å². The largest absolute Gasteiger partial charge is 0.343 e. The molecule has 0 radical (unpaired) electrons. The Morgan fingerprint density at radius 1 is 1.27 bits per heavy atom. The van der Waals surface area contributed by atoms with E-state index in [1.807, 2.05) is 0 Å². The lowest BCUT2D eigenvalue weighted by molar-refractivity contribution is 0.307. The summed E-state index contributed by atoms with van der Waals surface area (Å²) in [5, 5.41) is 1.50. The molecule has 1 unspecified atom stereocenters. The Morgan fingerprint density at radius 3 is 2.81 bits per heavy atom. The normalized spacial score (nSPS) is 20.8. The maximum Gasteiger partial charge on any atom is 0.0519 e. The first-order valence-corrected chi connectivity index (χ1v) is 9.79. The van der Waals surface area contributed by atoms with Crippen molar-refractivity contribution in [2.24, 2.45) is 5.92 Å². The minimum absolute atomic E-state index is 0.546. The molecule has 2 aliphatic rings. The molecule has 0 aliphatic carbocycles. The van der Waals surface area contributed by atoms with Gasteiger partial charge >= 0.3 is 0 Å². The van der Waals surface area contributed by atoms with E-state index in [-0.39, 0.29) is 0 Å². The molecule has 0 spiro atoms. The lowest BCUT2D eigenvalue weighted by Gasteiger charge is -2.29. The predicted molar refractivity (Wildman–Crippen MR) is 112 cm³/mol. The summed E-state index contributed by atoms with van der Waals surface area (Å²) in [5.41, 5.74) is 10.1. The molecule has 0 bridgehead atoms. The smallest absolute Gasteiger partial charge is 0.0519 e. The number of fused-ring (bicyclic) bond motifs is 3. The topological polar surface area (TPSA) is 8.17 Å². The number of hydrogen-bond donors (Lipinski definition) is 0. The third-order valence-electron chi connectivity index (χ3n) is 6.00. The van der Waals surface area contributed by atoms with Gasteiger partial charge in [-0.1, -0.05) is 42.0 Å². The zero-order chi connectivity index (χ0) is 18.4. The fourth-order valence-corrected chi connectivity index (χ4v) is 4.80. The first-order chi connectivity index (χ1) is 12.5. The molecular weight excluding hydrogens is 316 g/mol. The number of likely N-dealkylation sites (N-methyl/N-ethyl adjacent to an activating group) is 1. The molecule has 1 aromatic heterocycles. The van der Waals surface area contributed by atoms with Gasteiger partial charge in [0, 0.05) is 43.1 Å². The van der Waals surface area contributed by atoms with Crippen LogP contribution in [0.3, 0.4) is 0 Å². The number of benzene rings is 1. The van der Waals surface area contributed by atoms with Crippen LogP contribution in [0, 0.1) is 12.8 Å². The Hall–Kier alpha value is -2.06. The summed E-state index contributed by atoms with van der Waals surface area (Å²) in [6.45, 7) is 13.8. The molecule has 1 aromatic carbocycles. The Morgan fingerprint density at radius 2 is 2.08 bits per heavy atom. The van der Waals surface area contributed by atoms with E-state index < -0.39 is 0 Å². The molecule has 26 heavy (non-hydrogen) atoms. The second-order valence-electron chi connectivity index (χ2n) is 8.21. The van der Waals surface area contributed by atoms with E-state index in [0.29, 0.717) is 5.92 Å². The van der Waals surface area contributed by atoms with Gasteiger partial charge in [0.15, 0.2) is 0 Å². The summed E-state index contributed by atoms with van der Waals surface area (Å²) < 4.78 is 2.65. The van der Waals surface area contributed by atoms with E-state index in [2.05, 4.69) is 74.2 Å². The van der Waals surface area contributed by atoms with E-state index in [4.69, 9.17) is 0 Å². The van der Waals surface area contributed by atoms with Gasteiger partial charge in [-0.25, -0.2) is 0 Å². The average molecular weight is 347 g/mol. The summed E-state index contributed by atoms with van der Waals surface area (Å²) in [6, 6.07) is 4.82. The summed E-state index contributed by atoms with van der Waals surface area (Å²) in [5.74, 6) is 0.546. The zero-order valence-corrected chi connectivity index (χ0v) is 16.6. The van der Waals surface area contributed by atoms with E-state index in [1.54, 1.807) is 11.3 Å². The van der Waals surface area contributed by atoms with E-state index in [9.17, 15) is 0 Å². The highest BCUT2D eigenvalue weighted by Gasteiger charge is 2.29. The molecule has 3 heterocycles. The summed E-state index contributed by atoms with van der Waals surface area (Å²) in [4.78, 5) is 2.45. The minimum Gasteiger partial charge on any atom is -0.343 e. The van der Waals surface area contributed by atoms with Crippen molar-refractivity contribution in [3.05, 3.63) is 70.5 Å². The molecule has 2 aromatic rings. The number of nitrogens with zero attached hydrogens (tertiary/aromatic N) is 2. The van der Waals surface area contributed by atoms with Crippen molar-refractivity contribution in [3.8, 4) is 0 Å². The molecule has 2 nitrogen and oxygen atoms in total. The molecule has 0 fully saturated rings. The van der Waals surface area contributed by atoms with Crippen LogP contribution in [0.1, 0.15) is 36.2 Å². The molecule has 4 rings (SSSR count). The molecule has 0 saturated heterocycles. The van der Waals surface area contributed by atoms with Gasteiger partial charge in [-0.05, 0) is 57.0 Å². The minimum atomic E-state index is 0.546. The Bertz CT molecular complexity index is 939. The van der Waals surface area contributed by atoms with Gasteiger partial charge in [0.25, 0.3) is 0 Å². The zero-order valence-electron chi connectivity index (χ0n) is 16.6. The number of rotatable bonds is 3. The lowest BCUT2D eigenvalue weighted by atomic mass is 9.87. The monoisotopic (exact) mass is 346 g/mol. The Balaban J connectivity index is 1.83. The van der Waals surface area contributed by atoms with Crippen molar-refractivity contribution in [3.63, 3.8) is 0 Å². The highest BCUT2D eigenvalue weighted by Crippen LogP contribution is 2.39. The van der Waals surface area contributed by atoms with Crippen LogP contribution in [-0.2, 0) is 25.9 Å². The molecule has 2 aliphatic heterocycles. The summed E-state index contributed by atoms with van der Waals surface area (Å²) in [7, 11) is 2.24. The fraction of sp³-hybridized carbons (Fsp3) is 0.417. The van der Waals surface area contributed by atoms with Gasteiger partial charge in [0.1, 0.15) is 0 Å². The van der Waals surface area contributed by atoms with Crippen molar-refractivity contribution in [2.75, 3.05) is 13.6 Å². The first kappa shape index (κ1) is 17.4. The summed E-state index contributed by atoms with van der Waals surface area (Å²) in [6.07, 6.45) is 9.01. The maximum absolute atomic E-state index is 4.02.